The lowest BCUT2D eigenvalue weighted by molar-refractivity contribution is 0.0671. The molecule has 8 heteroatoms. The van der Waals surface area contributed by atoms with Gasteiger partial charge in [-0.1, -0.05) is 12.1 Å². The van der Waals surface area contributed by atoms with Crippen LogP contribution < -0.4 is 10.2 Å². The molecule has 1 aliphatic heterocycles. The van der Waals surface area contributed by atoms with E-state index < -0.39 is 0 Å². The number of carbonyl (C=O) groups excluding carboxylic acids is 3. The van der Waals surface area contributed by atoms with Crippen molar-refractivity contribution >= 4 is 34.8 Å². The zero-order valence-corrected chi connectivity index (χ0v) is 19.3. The summed E-state index contributed by atoms with van der Waals surface area (Å²) in [7, 11) is 1.97. The number of amides is 3. The normalized spacial score (nSPS) is 13.4. The fourth-order valence-corrected chi connectivity index (χ4v) is 3.86. The van der Waals surface area contributed by atoms with Crippen LogP contribution in [0.1, 0.15) is 27.6 Å². The van der Waals surface area contributed by atoms with E-state index in [9.17, 15) is 14.4 Å². The van der Waals surface area contributed by atoms with Crippen molar-refractivity contribution in [3.63, 3.8) is 0 Å². The van der Waals surface area contributed by atoms with Crippen molar-refractivity contribution in [1.29, 1.82) is 0 Å². The molecule has 0 unspecified atom stereocenters. The Morgan fingerprint density at radius 1 is 0.824 bits per heavy atom. The summed E-state index contributed by atoms with van der Waals surface area (Å²) in [5.41, 5.74) is 3.72. The summed E-state index contributed by atoms with van der Waals surface area (Å²) in [6.45, 7) is 3.28. The Kier molecular flexibility index (Phi) is 6.87. The summed E-state index contributed by atoms with van der Waals surface area (Å²) < 4.78 is 0. The largest absolute Gasteiger partial charge is 0.345 e. The Balaban J connectivity index is 1.32. The molecule has 4 rings (SSSR count). The van der Waals surface area contributed by atoms with Crippen molar-refractivity contribution in [1.82, 2.24) is 14.8 Å². The lowest BCUT2D eigenvalue weighted by atomic mass is 10.1. The van der Waals surface area contributed by atoms with Crippen molar-refractivity contribution in [3.05, 3.63) is 84.2 Å². The first-order valence-corrected chi connectivity index (χ1v) is 11.1. The minimum Gasteiger partial charge on any atom is -0.345 e. The van der Waals surface area contributed by atoms with Gasteiger partial charge < -0.3 is 20.0 Å². The zero-order valence-electron chi connectivity index (χ0n) is 19.3. The SMILES string of the molecule is CC(=O)c1cccc(NC(=O)N2CCN(C(=O)c3ccc(N(C)c4ccncc4)cc3)CC2)c1. The van der Waals surface area contributed by atoms with E-state index in [0.29, 0.717) is 43.0 Å². The Labute approximate surface area is 198 Å². The summed E-state index contributed by atoms with van der Waals surface area (Å²) >= 11 is 0. The number of piperazine rings is 1. The average molecular weight is 458 g/mol. The molecule has 0 bridgehead atoms. The molecule has 34 heavy (non-hydrogen) atoms. The van der Waals surface area contributed by atoms with Gasteiger partial charge in [0.2, 0.25) is 0 Å². The van der Waals surface area contributed by atoms with Crippen LogP contribution in [-0.2, 0) is 0 Å². The monoisotopic (exact) mass is 457 g/mol. The smallest absolute Gasteiger partial charge is 0.321 e. The van der Waals surface area contributed by atoms with Gasteiger partial charge in [0.15, 0.2) is 5.78 Å². The van der Waals surface area contributed by atoms with Crippen LogP contribution in [0.3, 0.4) is 0 Å². The van der Waals surface area contributed by atoms with Crippen LogP contribution in [0.15, 0.2) is 73.1 Å². The number of Topliss-reactive ketones (excluding diaryl/α,β-unsaturated/α-hetero) is 1. The lowest BCUT2D eigenvalue weighted by Crippen LogP contribution is -2.51. The van der Waals surface area contributed by atoms with Gasteiger partial charge in [-0.15, -0.1) is 0 Å². The molecule has 0 atom stereocenters. The minimum absolute atomic E-state index is 0.0488. The van der Waals surface area contributed by atoms with Crippen molar-refractivity contribution in [3.8, 4) is 0 Å². The molecule has 1 N–H and O–H groups in total. The van der Waals surface area contributed by atoms with Crippen molar-refractivity contribution in [2.24, 2.45) is 0 Å². The summed E-state index contributed by atoms with van der Waals surface area (Å²) in [5, 5.41) is 2.84. The van der Waals surface area contributed by atoms with Gasteiger partial charge in [0, 0.05) is 73.8 Å². The molecule has 1 fully saturated rings. The van der Waals surface area contributed by atoms with Crippen LogP contribution >= 0.6 is 0 Å². The summed E-state index contributed by atoms with van der Waals surface area (Å²) in [6, 6.07) is 18.0. The molecule has 2 aromatic carbocycles. The van der Waals surface area contributed by atoms with E-state index >= 15 is 0 Å². The third-order valence-corrected chi connectivity index (χ3v) is 5.93. The van der Waals surface area contributed by atoms with Crippen molar-refractivity contribution < 1.29 is 14.4 Å². The second-order valence-electron chi connectivity index (χ2n) is 8.16. The second-order valence-corrected chi connectivity index (χ2v) is 8.16. The maximum atomic E-state index is 13.0. The van der Waals surface area contributed by atoms with Gasteiger partial charge in [-0.25, -0.2) is 4.79 Å². The molecule has 1 aromatic heterocycles. The number of nitrogens with zero attached hydrogens (tertiary/aromatic N) is 4. The van der Waals surface area contributed by atoms with Crippen LogP contribution in [0.25, 0.3) is 0 Å². The standard InChI is InChI=1S/C26H27N5O3/c1-19(32)21-4-3-5-22(18-21)28-26(34)31-16-14-30(15-17-31)25(33)20-6-8-23(9-7-20)29(2)24-10-12-27-13-11-24/h3-13,18H,14-17H2,1-2H3,(H,28,34). The van der Waals surface area contributed by atoms with E-state index in [0.717, 1.165) is 11.4 Å². The number of rotatable bonds is 5. The van der Waals surface area contributed by atoms with Gasteiger partial charge in [0.05, 0.1) is 0 Å². The van der Waals surface area contributed by atoms with Gasteiger partial charge in [-0.05, 0) is 55.5 Å². The number of ketones is 1. The Hall–Kier alpha value is -4.20. The molecule has 0 radical (unpaired) electrons. The number of aromatic nitrogens is 1. The van der Waals surface area contributed by atoms with Crippen LogP contribution in [0, 0.1) is 0 Å². The number of nitrogens with one attached hydrogen (secondary N) is 1. The third-order valence-electron chi connectivity index (χ3n) is 5.93. The van der Waals surface area contributed by atoms with E-state index in [1.165, 1.54) is 6.92 Å². The molecular weight excluding hydrogens is 430 g/mol. The number of benzene rings is 2. The van der Waals surface area contributed by atoms with Crippen LogP contribution in [0.2, 0.25) is 0 Å². The molecular formula is C26H27N5O3. The first-order valence-electron chi connectivity index (χ1n) is 11.1. The van der Waals surface area contributed by atoms with E-state index in [4.69, 9.17) is 0 Å². The van der Waals surface area contributed by atoms with Gasteiger partial charge in [-0.3, -0.25) is 14.6 Å². The maximum Gasteiger partial charge on any atom is 0.321 e. The van der Waals surface area contributed by atoms with Crippen LogP contribution in [-0.4, -0.2) is 65.7 Å². The maximum absolute atomic E-state index is 13.0. The fraction of sp³-hybridized carbons (Fsp3) is 0.231. The number of pyridine rings is 1. The first-order chi connectivity index (χ1) is 16.4. The predicted octanol–water partition coefficient (Wildman–Crippen LogP) is 4.04. The molecule has 3 amide bonds. The number of carbonyl (C=O) groups is 3. The molecule has 1 saturated heterocycles. The highest BCUT2D eigenvalue weighted by atomic mass is 16.2. The molecule has 3 aromatic rings. The Morgan fingerprint density at radius 3 is 2.09 bits per heavy atom. The fourth-order valence-electron chi connectivity index (χ4n) is 3.86. The van der Waals surface area contributed by atoms with Gasteiger partial charge in [-0.2, -0.15) is 0 Å². The van der Waals surface area contributed by atoms with Crippen molar-refractivity contribution in [2.45, 2.75) is 6.92 Å². The number of urea groups is 1. The molecule has 2 heterocycles. The van der Waals surface area contributed by atoms with E-state index in [-0.39, 0.29) is 17.7 Å². The Bertz CT molecular complexity index is 1170. The Morgan fingerprint density at radius 2 is 1.44 bits per heavy atom. The molecule has 1 aliphatic rings. The zero-order chi connectivity index (χ0) is 24.1. The first kappa shape index (κ1) is 23.0. The van der Waals surface area contributed by atoms with E-state index in [2.05, 4.69) is 10.3 Å². The summed E-state index contributed by atoms with van der Waals surface area (Å²) in [4.78, 5) is 46.7. The molecule has 0 aliphatic carbocycles. The van der Waals surface area contributed by atoms with E-state index in [1.54, 1.807) is 46.5 Å². The highest BCUT2D eigenvalue weighted by Crippen LogP contribution is 2.23. The van der Waals surface area contributed by atoms with Gasteiger partial charge in [0.1, 0.15) is 0 Å². The summed E-state index contributed by atoms with van der Waals surface area (Å²) in [5.74, 6) is -0.104. The molecule has 174 valence electrons. The predicted molar refractivity (Wildman–Crippen MR) is 132 cm³/mol. The van der Waals surface area contributed by atoms with Gasteiger partial charge >= 0.3 is 6.03 Å². The molecule has 0 spiro atoms. The highest BCUT2D eigenvalue weighted by molar-refractivity contribution is 5.97. The second kappa shape index (κ2) is 10.2. The lowest BCUT2D eigenvalue weighted by Gasteiger charge is -2.34. The molecule has 8 nitrogen and oxygen atoms in total. The number of anilines is 3. The van der Waals surface area contributed by atoms with Crippen LogP contribution in [0.5, 0.6) is 0 Å². The minimum atomic E-state index is -0.240. The number of hydrogen-bond donors (Lipinski definition) is 1. The molecule has 0 saturated carbocycles. The number of hydrogen-bond acceptors (Lipinski definition) is 5. The van der Waals surface area contributed by atoms with Gasteiger partial charge in [0.25, 0.3) is 5.91 Å². The average Bonchev–Trinajstić information content (AvgIpc) is 2.88. The third kappa shape index (κ3) is 5.23. The quantitative estimate of drug-likeness (QED) is 0.585. The van der Waals surface area contributed by atoms with Crippen molar-refractivity contribution in [2.75, 3.05) is 43.4 Å². The summed E-state index contributed by atoms with van der Waals surface area (Å²) in [6.07, 6.45) is 3.49. The van der Waals surface area contributed by atoms with Crippen LogP contribution in [0.4, 0.5) is 21.9 Å². The highest BCUT2D eigenvalue weighted by Gasteiger charge is 2.25. The van der Waals surface area contributed by atoms with E-state index in [1.807, 2.05) is 48.3 Å². The topological polar surface area (TPSA) is 85.8 Å².